The number of nitrogens with one attached hydrogen (secondary N) is 1. The van der Waals surface area contributed by atoms with Gasteiger partial charge in [-0.05, 0) is 25.0 Å². The van der Waals surface area contributed by atoms with Gasteiger partial charge >= 0.3 is 0 Å². The van der Waals surface area contributed by atoms with Crippen molar-refractivity contribution in [1.82, 2.24) is 15.3 Å². The highest BCUT2D eigenvalue weighted by molar-refractivity contribution is 7.18. The van der Waals surface area contributed by atoms with E-state index in [0.29, 0.717) is 30.8 Å². The summed E-state index contributed by atoms with van der Waals surface area (Å²) in [4.78, 5) is 21.9. The van der Waals surface area contributed by atoms with Crippen molar-refractivity contribution in [3.63, 3.8) is 0 Å². The van der Waals surface area contributed by atoms with Crippen LogP contribution in [0.3, 0.4) is 0 Å². The molecule has 3 aromatic rings. The van der Waals surface area contributed by atoms with E-state index in [1.165, 1.54) is 17.5 Å². The summed E-state index contributed by atoms with van der Waals surface area (Å²) in [6, 6.07) is 8.13. The Labute approximate surface area is 168 Å². The van der Waals surface area contributed by atoms with Crippen molar-refractivity contribution in [3.8, 4) is 0 Å². The van der Waals surface area contributed by atoms with Gasteiger partial charge in [0.25, 0.3) is 0 Å². The second-order valence-corrected chi connectivity index (χ2v) is 8.59. The topological polar surface area (TPSA) is 88.2 Å². The Bertz CT molecular complexity index is 910. The van der Waals surface area contributed by atoms with Crippen molar-refractivity contribution in [2.24, 2.45) is 5.41 Å². The average molecular weight is 400 g/mol. The normalized spacial score (nSPS) is 16.3. The number of carbonyl (C=O) groups is 1. The van der Waals surface area contributed by atoms with E-state index in [0.717, 1.165) is 36.2 Å². The highest BCUT2D eigenvalue weighted by atomic mass is 32.1. The number of aliphatic hydroxyl groups excluding tert-OH is 1. The van der Waals surface area contributed by atoms with Crippen LogP contribution in [0.15, 0.2) is 35.1 Å². The highest BCUT2D eigenvalue weighted by Gasteiger charge is 2.40. The SMILES string of the molecule is O=C(NCCc1ocnc1CO)C1(Cc2nc3ccccc3s2)CCCCC1. The fourth-order valence-electron chi connectivity index (χ4n) is 4.10. The van der Waals surface area contributed by atoms with Gasteiger partial charge < -0.3 is 14.8 Å². The summed E-state index contributed by atoms with van der Waals surface area (Å²) < 4.78 is 6.48. The van der Waals surface area contributed by atoms with Crippen LogP contribution in [-0.4, -0.2) is 27.5 Å². The van der Waals surface area contributed by atoms with Crippen LogP contribution in [0.1, 0.15) is 48.6 Å². The van der Waals surface area contributed by atoms with E-state index in [4.69, 9.17) is 9.40 Å². The molecule has 1 aliphatic rings. The summed E-state index contributed by atoms with van der Waals surface area (Å²) in [5, 5.41) is 13.4. The van der Waals surface area contributed by atoms with Gasteiger partial charge in [0.2, 0.25) is 5.91 Å². The average Bonchev–Trinajstić information content (AvgIpc) is 3.34. The van der Waals surface area contributed by atoms with Gasteiger partial charge in [-0.1, -0.05) is 31.4 Å². The number of fused-ring (bicyclic) bond motifs is 1. The largest absolute Gasteiger partial charge is 0.448 e. The lowest BCUT2D eigenvalue weighted by Gasteiger charge is -2.35. The van der Waals surface area contributed by atoms with Crippen molar-refractivity contribution < 1.29 is 14.3 Å². The summed E-state index contributed by atoms with van der Waals surface area (Å²) in [6.45, 7) is 0.323. The fourth-order valence-corrected chi connectivity index (χ4v) is 5.21. The number of aromatic nitrogens is 2. The molecule has 0 bridgehead atoms. The maximum Gasteiger partial charge on any atom is 0.226 e. The minimum Gasteiger partial charge on any atom is -0.448 e. The van der Waals surface area contributed by atoms with E-state index in [9.17, 15) is 9.90 Å². The number of carbonyl (C=O) groups excluding carboxylic acids is 1. The van der Waals surface area contributed by atoms with Crippen molar-refractivity contribution in [2.75, 3.05) is 6.54 Å². The summed E-state index contributed by atoms with van der Waals surface area (Å²) in [5.41, 5.74) is 1.17. The van der Waals surface area contributed by atoms with Crippen LogP contribution in [0.5, 0.6) is 0 Å². The Morgan fingerprint density at radius 2 is 2.07 bits per heavy atom. The predicted molar refractivity (Wildman–Crippen MR) is 108 cm³/mol. The van der Waals surface area contributed by atoms with Gasteiger partial charge in [0.1, 0.15) is 11.5 Å². The Hall–Kier alpha value is -2.25. The molecule has 0 spiro atoms. The number of amides is 1. The van der Waals surface area contributed by atoms with Gasteiger partial charge in [-0.15, -0.1) is 11.3 Å². The van der Waals surface area contributed by atoms with Gasteiger partial charge in [0.15, 0.2) is 6.39 Å². The second-order valence-electron chi connectivity index (χ2n) is 7.48. The zero-order valence-electron chi connectivity index (χ0n) is 15.8. The first-order valence-electron chi connectivity index (χ1n) is 9.85. The van der Waals surface area contributed by atoms with Gasteiger partial charge in [-0.2, -0.15) is 0 Å². The van der Waals surface area contributed by atoms with E-state index in [1.807, 2.05) is 18.2 Å². The van der Waals surface area contributed by atoms with Crippen LogP contribution in [0, 0.1) is 5.41 Å². The Morgan fingerprint density at radius 3 is 2.86 bits per heavy atom. The third-order valence-electron chi connectivity index (χ3n) is 5.63. The van der Waals surface area contributed by atoms with Gasteiger partial charge in [0, 0.05) is 19.4 Å². The number of nitrogens with zero attached hydrogens (tertiary/aromatic N) is 2. The zero-order chi connectivity index (χ0) is 19.4. The minimum absolute atomic E-state index is 0.108. The Kier molecular flexibility index (Phi) is 5.73. The molecule has 1 aliphatic carbocycles. The molecule has 0 atom stereocenters. The maximum atomic E-state index is 13.2. The Balaban J connectivity index is 1.45. The molecular weight excluding hydrogens is 374 g/mol. The number of hydrogen-bond donors (Lipinski definition) is 2. The van der Waals surface area contributed by atoms with Crippen LogP contribution in [0.25, 0.3) is 10.2 Å². The van der Waals surface area contributed by atoms with E-state index in [-0.39, 0.29) is 17.9 Å². The number of para-hydroxylation sites is 1. The van der Waals surface area contributed by atoms with Gasteiger partial charge in [0.05, 0.1) is 27.2 Å². The molecule has 1 aromatic carbocycles. The lowest BCUT2D eigenvalue weighted by atomic mass is 9.71. The number of rotatable bonds is 7. The van der Waals surface area contributed by atoms with Crippen molar-refractivity contribution in [3.05, 3.63) is 47.1 Å². The van der Waals surface area contributed by atoms with Crippen LogP contribution in [0.2, 0.25) is 0 Å². The molecule has 4 rings (SSSR count). The molecule has 148 valence electrons. The van der Waals surface area contributed by atoms with E-state index < -0.39 is 0 Å². The third kappa shape index (κ3) is 3.95. The van der Waals surface area contributed by atoms with E-state index in [2.05, 4.69) is 16.4 Å². The quantitative estimate of drug-likeness (QED) is 0.633. The van der Waals surface area contributed by atoms with Crippen LogP contribution >= 0.6 is 11.3 Å². The number of aliphatic hydroxyl groups is 1. The van der Waals surface area contributed by atoms with Crippen molar-refractivity contribution in [2.45, 2.75) is 51.6 Å². The molecule has 1 fully saturated rings. The summed E-state index contributed by atoms with van der Waals surface area (Å²) in [6.07, 6.45) is 7.70. The van der Waals surface area contributed by atoms with Crippen molar-refractivity contribution in [1.29, 1.82) is 0 Å². The fraction of sp³-hybridized carbons (Fsp3) is 0.476. The molecular formula is C21H25N3O3S. The molecule has 28 heavy (non-hydrogen) atoms. The smallest absolute Gasteiger partial charge is 0.226 e. The summed E-state index contributed by atoms with van der Waals surface area (Å²) >= 11 is 1.69. The zero-order valence-corrected chi connectivity index (χ0v) is 16.6. The molecule has 6 nitrogen and oxygen atoms in total. The van der Waals surface area contributed by atoms with E-state index >= 15 is 0 Å². The molecule has 7 heteroatoms. The molecule has 1 amide bonds. The second kappa shape index (κ2) is 8.41. The summed E-state index contributed by atoms with van der Waals surface area (Å²) in [7, 11) is 0. The number of benzene rings is 1. The molecule has 1 saturated carbocycles. The number of oxazole rings is 1. The molecule has 0 aliphatic heterocycles. The van der Waals surface area contributed by atoms with Crippen LogP contribution < -0.4 is 5.32 Å². The number of hydrogen-bond acceptors (Lipinski definition) is 6. The standard InChI is InChI=1S/C21H25N3O3S/c25-13-16-17(27-14-23-16)8-11-22-20(26)21(9-4-1-5-10-21)12-19-24-15-6-2-3-7-18(15)28-19/h2-3,6-7,14,25H,1,4-5,8-13H2,(H,22,26). The highest BCUT2D eigenvalue weighted by Crippen LogP contribution is 2.41. The molecule has 0 saturated heterocycles. The molecule has 0 radical (unpaired) electrons. The minimum atomic E-state index is -0.382. The maximum absolute atomic E-state index is 13.2. The molecule has 0 unspecified atom stereocenters. The lowest BCUT2D eigenvalue weighted by molar-refractivity contribution is -0.133. The first-order chi connectivity index (χ1) is 13.7. The van der Waals surface area contributed by atoms with Crippen molar-refractivity contribution >= 4 is 27.5 Å². The van der Waals surface area contributed by atoms with Crippen LogP contribution in [-0.2, 0) is 24.2 Å². The first-order valence-corrected chi connectivity index (χ1v) is 10.7. The molecule has 2 N–H and O–H groups in total. The van der Waals surface area contributed by atoms with E-state index in [1.54, 1.807) is 11.3 Å². The van der Waals surface area contributed by atoms with Gasteiger partial charge in [-0.25, -0.2) is 9.97 Å². The number of thiazole rings is 1. The first kappa shape index (κ1) is 19.1. The van der Waals surface area contributed by atoms with Crippen LogP contribution in [0.4, 0.5) is 0 Å². The monoisotopic (exact) mass is 399 g/mol. The molecule has 2 heterocycles. The Morgan fingerprint density at radius 1 is 1.25 bits per heavy atom. The predicted octanol–water partition coefficient (Wildman–Crippen LogP) is 3.63. The van der Waals surface area contributed by atoms with Gasteiger partial charge in [-0.3, -0.25) is 4.79 Å². The third-order valence-corrected chi connectivity index (χ3v) is 6.67. The lowest BCUT2D eigenvalue weighted by Crippen LogP contribution is -2.44. The summed E-state index contributed by atoms with van der Waals surface area (Å²) in [5.74, 6) is 0.739. The molecule has 2 aromatic heterocycles.